The summed E-state index contributed by atoms with van der Waals surface area (Å²) in [6.07, 6.45) is -1.72. The first-order chi connectivity index (χ1) is 13.1. The number of carboxylic acids is 1. The Morgan fingerprint density at radius 1 is 1.10 bits per heavy atom. The summed E-state index contributed by atoms with van der Waals surface area (Å²) in [7, 11) is -0.843. The van der Waals surface area contributed by atoms with Crippen molar-refractivity contribution in [2.45, 2.75) is 77.4 Å². The summed E-state index contributed by atoms with van der Waals surface area (Å²) < 4.78 is 17.0. The Morgan fingerprint density at radius 3 is 2.14 bits per heavy atom. The van der Waals surface area contributed by atoms with Gasteiger partial charge in [0.05, 0.1) is 7.11 Å². The van der Waals surface area contributed by atoms with Crippen molar-refractivity contribution in [1.29, 1.82) is 0 Å². The number of aliphatic carboxylic acids is 1. The van der Waals surface area contributed by atoms with Gasteiger partial charge in [0.25, 0.3) is 0 Å². The zero-order valence-electron chi connectivity index (χ0n) is 19.0. The van der Waals surface area contributed by atoms with E-state index in [1.807, 2.05) is 13.1 Å². The van der Waals surface area contributed by atoms with Gasteiger partial charge in [0.1, 0.15) is 17.5 Å². The van der Waals surface area contributed by atoms with Gasteiger partial charge in [-0.25, -0.2) is 9.59 Å². The van der Waals surface area contributed by atoms with Crippen molar-refractivity contribution in [2.24, 2.45) is 0 Å². The molecule has 1 aromatic carbocycles. The van der Waals surface area contributed by atoms with Gasteiger partial charge in [-0.3, -0.25) is 0 Å². The third-order valence-corrected chi connectivity index (χ3v) is 9.35. The molecule has 0 bridgehead atoms. The number of hydrogen-bond donors (Lipinski definition) is 2. The molecule has 1 aromatic rings. The van der Waals surface area contributed by atoms with Crippen molar-refractivity contribution in [1.82, 2.24) is 5.32 Å². The lowest BCUT2D eigenvalue weighted by Crippen LogP contribution is -2.51. The molecule has 0 aliphatic heterocycles. The van der Waals surface area contributed by atoms with Crippen molar-refractivity contribution in [3.63, 3.8) is 0 Å². The average molecular weight is 426 g/mol. The van der Waals surface area contributed by atoms with Crippen LogP contribution in [-0.4, -0.2) is 44.2 Å². The smallest absolute Gasteiger partial charge is 0.408 e. The molecule has 0 saturated heterocycles. The molecule has 29 heavy (non-hydrogen) atoms. The number of carbonyl (C=O) groups excluding carboxylic acids is 1. The molecule has 7 nitrogen and oxygen atoms in total. The number of amides is 1. The summed E-state index contributed by atoms with van der Waals surface area (Å²) in [5.41, 5.74) is -0.142. The highest BCUT2D eigenvalue weighted by atomic mass is 28.4. The van der Waals surface area contributed by atoms with E-state index in [-0.39, 0.29) is 5.04 Å². The number of alkyl carbamates (subject to hydrolysis) is 1. The van der Waals surface area contributed by atoms with E-state index < -0.39 is 38.1 Å². The predicted octanol–water partition coefficient (Wildman–Crippen LogP) is 4.74. The Labute approximate surface area is 174 Å². The molecule has 0 unspecified atom stereocenters. The van der Waals surface area contributed by atoms with Crippen LogP contribution >= 0.6 is 0 Å². The number of hydrogen-bond acceptors (Lipinski definition) is 5. The molecule has 0 radical (unpaired) electrons. The Hall–Kier alpha value is -2.06. The third kappa shape index (κ3) is 7.36. The first kappa shape index (κ1) is 25.0. The number of benzene rings is 1. The summed E-state index contributed by atoms with van der Waals surface area (Å²) in [5.74, 6) is -0.630. The first-order valence-electron chi connectivity index (χ1n) is 9.61. The maximum absolute atomic E-state index is 12.3. The Morgan fingerprint density at radius 2 is 1.69 bits per heavy atom. The van der Waals surface area contributed by atoms with Gasteiger partial charge in [0.2, 0.25) is 0 Å². The normalized spacial score (nSPS) is 14.7. The van der Waals surface area contributed by atoms with Crippen molar-refractivity contribution in [2.75, 3.05) is 7.11 Å². The highest BCUT2D eigenvalue weighted by molar-refractivity contribution is 6.74. The lowest BCUT2D eigenvalue weighted by molar-refractivity contribution is -0.142. The monoisotopic (exact) mass is 425 g/mol. The van der Waals surface area contributed by atoms with E-state index in [9.17, 15) is 14.7 Å². The second kappa shape index (κ2) is 9.17. The van der Waals surface area contributed by atoms with Gasteiger partial charge in [0, 0.05) is 0 Å². The van der Waals surface area contributed by atoms with E-state index in [0.29, 0.717) is 11.3 Å². The topological polar surface area (TPSA) is 94.1 Å². The molecular formula is C21H35NO6Si. The Bertz CT molecular complexity index is 721. The van der Waals surface area contributed by atoms with Crippen LogP contribution < -0.4 is 10.1 Å². The second-order valence-electron chi connectivity index (χ2n) is 9.54. The van der Waals surface area contributed by atoms with E-state index in [2.05, 4.69) is 26.1 Å². The largest absolute Gasteiger partial charge is 0.497 e. The maximum atomic E-state index is 12.3. The zero-order valence-corrected chi connectivity index (χ0v) is 20.0. The molecule has 0 saturated carbocycles. The van der Waals surface area contributed by atoms with E-state index in [1.54, 1.807) is 45.0 Å². The van der Waals surface area contributed by atoms with E-state index >= 15 is 0 Å². The van der Waals surface area contributed by atoms with Crippen LogP contribution in [0.4, 0.5) is 4.79 Å². The predicted molar refractivity (Wildman–Crippen MR) is 115 cm³/mol. The van der Waals surface area contributed by atoms with Gasteiger partial charge in [-0.05, 0) is 56.6 Å². The average Bonchev–Trinajstić information content (AvgIpc) is 2.55. The van der Waals surface area contributed by atoms with E-state index in [4.69, 9.17) is 13.9 Å². The molecule has 0 heterocycles. The zero-order chi connectivity index (χ0) is 22.6. The fourth-order valence-electron chi connectivity index (χ4n) is 2.34. The molecule has 1 amide bonds. The Kier molecular flexibility index (Phi) is 7.90. The van der Waals surface area contributed by atoms with Crippen LogP contribution in [0.15, 0.2) is 24.3 Å². The van der Waals surface area contributed by atoms with Crippen LogP contribution in [-0.2, 0) is 14.0 Å². The highest BCUT2D eigenvalue weighted by Crippen LogP contribution is 2.41. The van der Waals surface area contributed by atoms with Crippen LogP contribution in [0.3, 0.4) is 0 Å². The minimum absolute atomic E-state index is 0.154. The lowest BCUT2D eigenvalue weighted by atomic mass is 10.0. The van der Waals surface area contributed by atoms with Crippen LogP contribution in [0.1, 0.15) is 53.2 Å². The molecular weight excluding hydrogens is 390 g/mol. The fourth-order valence-corrected chi connectivity index (χ4v) is 3.60. The fraction of sp³-hybridized carbons (Fsp3) is 0.619. The molecule has 0 aliphatic carbocycles. The summed E-state index contributed by atoms with van der Waals surface area (Å²) >= 11 is 0. The van der Waals surface area contributed by atoms with Gasteiger partial charge >= 0.3 is 12.1 Å². The molecule has 8 heteroatoms. The number of ether oxygens (including phenoxy) is 2. The number of carboxylic acid groups (broad SMARTS) is 1. The van der Waals surface area contributed by atoms with Crippen molar-refractivity contribution < 1.29 is 28.6 Å². The summed E-state index contributed by atoms with van der Waals surface area (Å²) in [6, 6.07) is 5.70. The number of rotatable bonds is 7. The first-order valence-corrected chi connectivity index (χ1v) is 12.5. The van der Waals surface area contributed by atoms with Crippen molar-refractivity contribution in [3.8, 4) is 5.75 Å². The molecule has 2 atom stereocenters. The number of nitrogens with one attached hydrogen (secondary N) is 1. The van der Waals surface area contributed by atoms with Gasteiger partial charge in [-0.1, -0.05) is 32.9 Å². The van der Waals surface area contributed by atoms with Crippen LogP contribution in [0.5, 0.6) is 5.75 Å². The van der Waals surface area contributed by atoms with Gasteiger partial charge < -0.3 is 24.3 Å². The van der Waals surface area contributed by atoms with E-state index in [1.165, 1.54) is 7.11 Å². The van der Waals surface area contributed by atoms with Gasteiger partial charge in [0.15, 0.2) is 14.4 Å². The van der Waals surface area contributed by atoms with E-state index in [0.717, 1.165) is 0 Å². The lowest BCUT2D eigenvalue weighted by Gasteiger charge is -2.41. The Balaban J connectivity index is 3.38. The SMILES string of the molecule is COc1cccc([C@H](O[Si](C)(C)C(C)(C)C)[C@@H](NC(=O)OC(C)(C)C)C(=O)O)c1. The van der Waals surface area contributed by atoms with Gasteiger partial charge in [-0.2, -0.15) is 0 Å². The molecule has 164 valence electrons. The number of carbonyl (C=O) groups is 2. The standard InChI is InChI=1S/C21H35NO6Si/c1-20(2,3)27-19(25)22-16(18(23)24)17(28-29(8,9)21(4,5)6)14-11-10-12-15(13-14)26-7/h10-13,16-17H,1-9H3,(H,22,25)(H,23,24)/t16-,17+/m1/s1. The molecule has 0 spiro atoms. The minimum Gasteiger partial charge on any atom is -0.497 e. The van der Waals surface area contributed by atoms with Crippen molar-refractivity contribution in [3.05, 3.63) is 29.8 Å². The maximum Gasteiger partial charge on any atom is 0.408 e. The van der Waals surface area contributed by atoms with Crippen LogP contribution in [0, 0.1) is 0 Å². The summed E-state index contributed by atoms with van der Waals surface area (Å²) in [5, 5.41) is 12.2. The van der Waals surface area contributed by atoms with Crippen molar-refractivity contribution >= 4 is 20.4 Å². The molecule has 0 aromatic heterocycles. The summed E-state index contributed by atoms with van der Waals surface area (Å²) in [6.45, 7) is 15.4. The third-order valence-electron chi connectivity index (χ3n) is 4.89. The van der Waals surface area contributed by atoms with Crippen LogP contribution in [0.2, 0.25) is 18.1 Å². The summed E-state index contributed by atoms with van der Waals surface area (Å²) in [4.78, 5) is 24.5. The highest BCUT2D eigenvalue weighted by Gasteiger charge is 2.43. The number of methoxy groups -OCH3 is 1. The minimum atomic E-state index is -2.38. The quantitative estimate of drug-likeness (QED) is 0.613. The van der Waals surface area contributed by atoms with Crippen LogP contribution in [0.25, 0.3) is 0 Å². The molecule has 1 rings (SSSR count). The molecule has 2 N–H and O–H groups in total. The molecule has 0 fully saturated rings. The second-order valence-corrected chi connectivity index (χ2v) is 14.3. The van der Waals surface area contributed by atoms with Gasteiger partial charge in [-0.15, -0.1) is 0 Å². The molecule has 0 aliphatic rings.